The van der Waals surface area contributed by atoms with Gasteiger partial charge in [0.15, 0.2) is 11.5 Å². The van der Waals surface area contributed by atoms with Gasteiger partial charge in [-0.3, -0.25) is 5.10 Å². The zero-order valence-corrected chi connectivity index (χ0v) is 15.9. The lowest BCUT2D eigenvalue weighted by molar-refractivity contribution is 0.872. The van der Waals surface area contributed by atoms with Crippen LogP contribution in [0.25, 0.3) is 11.0 Å². The van der Waals surface area contributed by atoms with Crippen LogP contribution >= 0.6 is 23.2 Å². The molecule has 0 aliphatic rings. The highest BCUT2D eigenvalue weighted by Gasteiger charge is 2.16. The van der Waals surface area contributed by atoms with E-state index >= 15 is 0 Å². The van der Waals surface area contributed by atoms with Gasteiger partial charge in [0.25, 0.3) is 0 Å². The van der Waals surface area contributed by atoms with Gasteiger partial charge in [-0.25, -0.2) is 9.97 Å². The third-order valence-corrected chi connectivity index (χ3v) is 4.62. The first-order valence-electron chi connectivity index (χ1n) is 8.34. The number of halogens is 2. The number of rotatable bonds is 5. The lowest BCUT2D eigenvalue weighted by Crippen LogP contribution is -2.07. The Hall–Kier alpha value is -2.83. The van der Waals surface area contributed by atoms with Crippen LogP contribution in [0.5, 0.6) is 0 Å². The molecule has 3 N–H and O–H groups in total. The molecule has 4 aromatic rings. The molecular weight excluding hydrogens is 383 g/mol. The van der Waals surface area contributed by atoms with Gasteiger partial charge in [0, 0.05) is 15.7 Å². The molecule has 0 aliphatic heterocycles. The van der Waals surface area contributed by atoms with Crippen molar-refractivity contribution in [3.05, 3.63) is 70.5 Å². The molecule has 2 aromatic carbocycles. The normalized spacial score (nSPS) is 12.1. The van der Waals surface area contributed by atoms with Crippen molar-refractivity contribution in [1.29, 1.82) is 0 Å². The van der Waals surface area contributed by atoms with Crippen LogP contribution in [-0.2, 0) is 0 Å². The lowest BCUT2D eigenvalue weighted by Gasteiger charge is -2.15. The predicted octanol–water partition coefficient (Wildman–Crippen LogP) is 5.58. The fourth-order valence-electron chi connectivity index (χ4n) is 2.83. The zero-order valence-electron chi connectivity index (χ0n) is 14.4. The maximum Gasteiger partial charge on any atom is 0.162 e. The third-order valence-electron chi connectivity index (χ3n) is 4.15. The van der Waals surface area contributed by atoms with Crippen LogP contribution in [0.3, 0.4) is 0 Å². The minimum atomic E-state index is -0.00516. The summed E-state index contributed by atoms with van der Waals surface area (Å²) < 4.78 is 0. The van der Waals surface area contributed by atoms with E-state index in [1.54, 1.807) is 0 Å². The summed E-state index contributed by atoms with van der Waals surface area (Å²) in [6.07, 6.45) is 1.48. The standard InChI is InChI=1S/C19H16Cl2N6/c1-11(12-4-2-5-13(20)8-12)24-19-16-17(22-10-23-18(16)26-27-19)25-15-7-3-6-14(21)9-15/h2-11H,1H3,(H3,22,23,24,25,26,27). The number of hydrogen-bond acceptors (Lipinski definition) is 5. The highest BCUT2D eigenvalue weighted by Crippen LogP contribution is 2.31. The van der Waals surface area contributed by atoms with E-state index in [4.69, 9.17) is 23.2 Å². The first-order valence-corrected chi connectivity index (χ1v) is 9.09. The van der Waals surface area contributed by atoms with Gasteiger partial charge in [-0.05, 0) is 42.8 Å². The number of benzene rings is 2. The third kappa shape index (κ3) is 3.82. The van der Waals surface area contributed by atoms with Gasteiger partial charge in [0.1, 0.15) is 17.5 Å². The molecule has 0 radical (unpaired) electrons. The summed E-state index contributed by atoms with van der Waals surface area (Å²) in [4.78, 5) is 8.63. The van der Waals surface area contributed by atoms with Gasteiger partial charge in [-0.15, -0.1) is 0 Å². The Bertz CT molecular complexity index is 1090. The Morgan fingerprint density at radius 1 is 0.963 bits per heavy atom. The second-order valence-corrected chi connectivity index (χ2v) is 6.95. The van der Waals surface area contributed by atoms with Crippen molar-refractivity contribution in [2.24, 2.45) is 0 Å². The molecule has 0 saturated heterocycles. The average molecular weight is 399 g/mol. The van der Waals surface area contributed by atoms with E-state index in [0.29, 0.717) is 27.3 Å². The summed E-state index contributed by atoms with van der Waals surface area (Å²) in [6.45, 7) is 2.04. The molecule has 4 rings (SSSR count). The topological polar surface area (TPSA) is 78.5 Å². The quantitative estimate of drug-likeness (QED) is 0.409. The summed E-state index contributed by atoms with van der Waals surface area (Å²) in [5.41, 5.74) is 2.52. The van der Waals surface area contributed by atoms with Crippen molar-refractivity contribution in [2.45, 2.75) is 13.0 Å². The number of aromatic nitrogens is 4. The minimum absolute atomic E-state index is 0.00516. The number of H-pyrrole nitrogens is 1. The highest BCUT2D eigenvalue weighted by atomic mass is 35.5. The van der Waals surface area contributed by atoms with E-state index in [-0.39, 0.29) is 6.04 Å². The fraction of sp³-hybridized carbons (Fsp3) is 0.105. The SMILES string of the molecule is CC(Nc1n[nH]c2ncnc(Nc3cccc(Cl)c3)c12)c1cccc(Cl)c1. The van der Waals surface area contributed by atoms with Gasteiger partial charge in [-0.1, -0.05) is 41.4 Å². The van der Waals surface area contributed by atoms with E-state index in [9.17, 15) is 0 Å². The second kappa shape index (κ2) is 7.42. The van der Waals surface area contributed by atoms with Crippen molar-refractivity contribution in [3.63, 3.8) is 0 Å². The van der Waals surface area contributed by atoms with Gasteiger partial charge >= 0.3 is 0 Å². The number of hydrogen-bond donors (Lipinski definition) is 3. The maximum absolute atomic E-state index is 6.10. The molecule has 0 aliphatic carbocycles. The molecule has 0 fully saturated rings. The Labute approximate surface area is 165 Å². The molecule has 2 aromatic heterocycles. The monoisotopic (exact) mass is 398 g/mol. The van der Waals surface area contributed by atoms with Crippen molar-refractivity contribution < 1.29 is 0 Å². The number of nitrogens with one attached hydrogen (secondary N) is 3. The van der Waals surface area contributed by atoms with Gasteiger partial charge in [0.05, 0.1) is 6.04 Å². The summed E-state index contributed by atoms with van der Waals surface area (Å²) in [6, 6.07) is 15.2. The smallest absolute Gasteiger partial charge is 0.162 e. The summed E-state index contributed by atoms with van der Waals surface area (Å²) in [7, 11) is 0. The second-order valence-electron chi connectivity index (χ2n) is 6.07. The molecule has 6 nitrogen and oxygen atoms in total. The van der Waals surface area contributed by atoms with Crippen LogP contribution in [0.4, 0.5) is 17.3 Å². The van der Waals surface area contributed by atoms with Crippen molar-refractivity contribution >= 4 is 51.6 Å². The number of anilines is 3. The summed E-state index contributed by atoms with van der Waals surface area (Å²) >= 11 is 12.2. The molecule has 2 heterocycles. The van der Waals surface area contributed by atoms with Gasteiger partial charge < -0.3 is 10.6 Å². The molecule has 0 amide bonds. The largest absolute Gasteiger partial charge is 0.361 e. The molecule has 1 unspecified atom stereocenters. The van der Waals surface area contributed by atoms with Crippen LogP contribution < -0.4 is 10.6 Å². The maximum atomic E-state index is 6.10. The number of nitrogens with zero attached hydrogens (tertiary/aromatic N) is 3. The van der Waals surface area contributed by atoms with E-state index in [1.807, 2.05) is 55.5 Å². The van der Waals surface area contributed by atoms with Crippen LogP contribution in [0.1, 0.15) is 18.5 Å². The van der Waals surface area contributed by atoms with Gasteiger partial charge in [0.2, 0.25) is 0 Å². The Morgan fingerprint density at radius 3 is 2.52 bits per heavy atom. The highest BCUT2D eigenvalue weighted by molar-refractivity contribution is 6.31. The van der Waals surface area contributed by atoms with Crippen LogP contribution in [-0.4, -0.2) is 20.2 Å². The Morgan fingerprint density at radius 2 is 1.74 bits per heavy atom. The summed E-state index contributed by atoms with van der Waals surface area (Å²) in [5, 5.41) is 16.1. The lowest BCUT2D eigenvalue weighted by atomic mass is 10.1. The molecular formula is C19H16Cl2N6. The Kier molecular flexibility index (Phi) is 4.83. The predicted molar refractivity (Wildman–Crippen MR) is 110 cm³/mol. The molecule has 136 valence electrons. The van der Waals surface area contributed by atoms with Crippen molar-refractivity contribution in [1.82, 2.24) is 20.2 Å². The fourth-order valence-corrected chi connectivity index (χ4v) is 3.21. The average Bonchev–Trinajstić information content (AvgIpc) is 3.06. The number of aromatic amines is 1. The van der Waals surface area contributed by atoms with Crippen LogP contribution in [0, 0.1) is 0 Å². The molecule has 1 atom stereocenters. The molecule has 27 heavy (non-hydrogen) atoms. The first-order chi connectivity index (χ1) is 13.1. The zero-order chi connectivity index (χ0) is 18.8. The summed E-state index contributed by atoms with van der Waals surface area (Å²) in [5.74, 6) is 1.29. The first kappa shape index (κ1) is 17.6. The molecule has 0 saturated carbocycles. The Balaban J connectivity index is 1.67. The van der Waals surface area contributed by atoms with Crippen molar-refractivity contribution in [3.8, 4) is 0 Å². The van der Waals surface area contributed by atoms with Crippen molar-refractivity contribution in [2.75, 3.05) is 10.6 Å². The van der Waals surface area contributed by atoms with E-state index < -0.39 is 0 Å². The van der Waals surface area contributed by atoms with E-state index in [1.165, 1.54) is 6.33 Å². The van der Waals surface area contributed by atoms with E-state index in [2.05, 4.69) is 30.8 Å². The van der Waals surface area contributed by atoms with Crippen LogP contribution in [0.15, 0.2) is 54.9 Å². The molecule has 0 bridgehead atoms. The molecule has 8 heteroatoms. The number of fused-ring (bicyclic) bond motifs is 1. The molecule has 0 spiro atoms. The van der Waals surface area contributed by atoms with E-state index in [0.717, 1.165) is 16.6 Å². The minimum Gasteiger partial charge on any atom is -0.361 e. The van der Waals surface area contributed by atoms with Crippen LogP contribution in [0.2, 0.25) is 10.0 Å². The van der Waals surface area contributed by atoms with Gasteiger partial charge in [-0.2, -0.15) is 5.10 Å².